The Morgan fingerprint density at radius 3 is 2.35 bits per heavy atom. The lowest BCUT2D eigenvalue weighted by atomic mass is 10.3. The lowest BCUT2D eigenvalue weighted by molar-refractivity contribution is -0.149. The molecule has 2 rings (SSSR count). The number of nitrogens with one attached hydrogen (secondary N) is 1. The Balaban J connectivity index is 1.71. The second kappa shape index (κ2) is 10.4. The van der Waals surface area contributed by atoms with E-state index in [0.29, 0.717) is 18.0 Å². The van der Waals surface area contributed by atoms with Crippen molar-refractivity contribution in [3.63, 3.8) is 0 Å². The summed E-state index contributed by atoms with van der Waals surface area (Å²) < 4.78 is 15.5. The SMILES string of the molecule is CCOc1ccc(OCC(=O)OCC(=O)Nc2cccc(SC)c2)cc1. The van der Waals surface area contributed by atoms with Crippen LogP contribution < -0.4 is 14.8 Å². The summed E-state index contributed by atoms with van der Waals surface area (Å²) in [7, 11) is 0. The molecule has 0 saturated heterocycles. The van der Waals surface area contributed by atoms with Crippen molar-refractivity contribution >= 4 is 29.3 Å². The third-order valence-electron chi connectivity index (χ3n) is 3.21. The van der Waals surface area contributed by atoms with Crippen LogP contribution in [-0.4, -0.2) is 38.0 Å². The van der Waals surface area contributed by atoms with E-state index in [1.807, 2.05) is 31.4 Å². The summed E-state index contributed by atoms with van der Waals surface area (Å²) in [5.74, 6) is 0.220. The maximum atomic E-state index is 11.8. The molecule has 0 bridgehead atoms. The van der Waals surface area contributed by atoms with Crippen LogP contribution in [0.5, 0.6) is 11.5 Å². The number of thioether (sulfide) groups is 1. The number of esters is 1. The average molecular weight is 375 g/mol. The highest BCUT2D eigenvalue weighted by Crippen LogP contribution is 2.19. The molecular weight excluding hydrogens is 354 g/mol. The first kappa shape index (κ1) is 19.7. The molecule has 0 unspecified atom stereocenters. The van der Waals surface area contributed by atoms with Gasteiger partial charge in [-0.25, -0.2) is 4.79 Å². The molecule has 2 aromatic rings. The zero-order valence-electron chi connectivity index (χ0n) is 14.7. The summed E-state index contributed by atoms with van der Waals surface area (Å²) in [5.41, 5.74) is 0.656. The number of hydrogen-bond acceptors (Lipinski definition) is 6. The normalized spacial score (nSPS) is 10.1. The van der Waals surface area contributed by atoms with Gasteiger partial charge in [-0.05, 0) is 55.6 Å². The monoisotopic (exact) mass is 375 g/mol. The second-order valence-electron chi connectivity index (χ2n) is 5.13. The summed E-state index contributed by atoms with van der Waals surface area (Å²) in [6, 6.07) is 14.3. The number of ether oxygens (including phenoxy) is 3. The van der Waals surface area contributed by atoms with Gasteiger partial charge in [-0.15, -0.1) is 11.8 Å². The lowest BCUT2D eigenvalue weighted by Gasteiger charge is -2.09. The van der Waals surface area contributed by atoms with E-state index in [-0.39, 0.29) is 13.2 Å². The Morgan fingerprint density at radius 2 is 1.69 bits per heavy atom. The van der Waals surface area contributed by atoms with Crippen molar-refractivity contribution in [1.29, 1.82) is 0 Å². The van der Waals surface area contributed by atoms with Gasteiger partial charge in [0.2, 0.25) is 0 Å². The highest BCUT2D eigenvalue weighted by Gasteiger charge is 2.09. The minimum Gasteiger partial charge on any atom is -0.494 e. The van der Waals surface area contributed by atoms with E-state index < -0.39 is 11.9 Å². The van der Waals surface area contributed by atoms with Crippen LogP contribution in [0.25, 0.3) is 0 Å². The number of anilines is 1. The number of hydrogen-bond donors (Lipinski definition) is 1. The lowest BCUT2D eigenvalue weighted by Crippen LogP contribution is -2.23. The Hall–Kier alpha value is -2.67. The molecule has 0 aliphatic rings. The number of benzene rings is 2. The molecule has 1 amide bonds. The van der Waals surface area contributed by atoms with Crippen LogP contribution in [0.4, 0.5) is 5.69 Å². The first-order valence-electron chi connectivity index (χ1n) is 8.06. The van der Waals surface area contributed by atoms with Crippen molar-refractivity contribution in [2.24, 2.45) is 0 Å². The molecule has 138 valence electrons. The zero-order chi connectivity index (χ0) is 18.8. The van der Waals surface area contributed by atoms with Crippen LogP contribution in [0.15, 0.2) is 53.4 Å². The highest BCUT2D eigenvalue weighted by molar-refractivity contribution is 7.98. The molecule has 6 nitrogen and oxygen atoms in total. The Labute approximate surface area is 156 Å². The molecule has 2 aromatic carbocycles. The van der Waals surface area contributed by atoms with Crippen molar-refractivity contribution in [2.75, 3.05) is 31.4 Å². The van der Waals surface area contributed by atoms with E-state index in [2.05, 4.69) is 5.32 Å². The molecule has 0 aliphatic heterocycles. The highest BCUT2D eigenvalue weighted by atomic mass is 32.2. The predicted octanol–water partition coefficient (Wildman–Crippen LogP) is 3.37. The van der Waals surface area contributed by atoms with Crippen molar-refractivity contribution in [2.45, 2.75) is 11.8 Å². The predicted molar refractivity (Wildman–Crippen MR) is 101 cm³/mol. The van der Waals surface area contributed by atoms with Crippen LogP contribution in [0, 0.1) is 0 Å². The summed E-state index contributed by atoms with van der Waals surface area (Å²) >= 11 is 1.58. The molecular formula is C19H21NO5S. The smallest absolute Gasteiger partial charge is 0.344 e. The van der Waals surface area contributed by atoms with Gasteiger partial charge in [-0.2, -0.15) is 0 Å². The van der Waals surface area contributed by atoms with E-state index in [1.54, 1.807) is 42.1 Å². The fourth-order valence-electron chi connectivity index (χ4n) is 2.03. The van der Waals surface area contributed by atoms with E-state index in [9.17, 15) is 9.59 Å². The molecule has 0 aliphatic carbocycles. The number of rotatable bonds is 9. The minimum atomic E-state index is -0.619. The standard InChI is InChI=1S/C19H21NO5S/c1-3-23-15-7-9-16(10-8-15)24-13-19(22)25-12-18(21)20-14-5-4-6-17(11-14)26-2/h4-11H,3,12-13H2,1-2H3,(H,20,21). The van der Waals surface area contributed by atoms with Crippen LogP contribution in [-0.2, 0) is 14.3 Å². The summed E-state index contributed by atoms with van der Waals surface area (Å²) in [6.45, 7) is 1.84. The average Bonchev–Trinajstić information content (AvgIpc) is 2.66. The molecule has 0 atom stereocenters. The Kier molecular flexibility index (Phi) is 7.82. The van der Waals surface area contributed by atoms with Crippen LogP contribution in [0.1, 0.15) is 6.92 Å². The topological polar surface area (TPSA) is 73.9 Å². The third kappa shape index (κ3) is 6.68. The third-order valence-corrected chi connectivity index (χ3v) is 3.93. The van der Waals surface area contributed by atoms with Gasteiger partial charge < -0.3 is 19.5 Å². The zero-order valence-corrected chi connectivity index (χ0v) is 15.5. The fourth-order valence-corrected chi connectivity index (χ4v) is 2.49. The molecule has 0 radical (unpaired) electrons. The molecule has 7 heteroatoms. The van der Waals surface area contributed by atoms with Gasteiger partial charge in [0.15, 0.2) is 13.2 Å². The molecule has 0 saturated carbocycles. The van der Waals surface area contributed by atoms with Gasteiger partial charge in [0.05, 0.1) is 6.61 Å². The number of carbonyl (C=O) groups excluding carboxylic acids is 2. The van der Waals surface area contributed by atoms with Crippen molar-refractivity contribution in [3.8, 4) is 11.5 Å². The largest absolute Gasteiger partial charge is 0.494 e. The van der Waals surface area contributed by atoms with E-state index in [0.717, 1.165) is 10.6 Å². The van der Waals surface area contributed by atoms with Gasteiger partial charge in [0, 0.05) is 10.6 Å². The van der Waals surface area contributed by atoms with E-state index in [1.165, 1.54) is 0 Å². The number of carbonyl (C=O) groups is 2. The fraction of sp³-hybridized carbons (Fsp3) is 0.263. The number of amides is 1. The van der Waals surface area contributed by atoms with E-state index in [4.69, 9.17) is 14.2 Å². The first-order chi connectivity index (χ1) is 12.6. The summed E-state index contributed by atoms with van der Waals surface area (Å²) in [4.78, 5) is 24.6. The Bertz CT molecular complexity index is 733. The van der Waals surface area contributed by atoms with Crippen LogP contribution >= 0.6 is 11.8 Å². The van der Waals surface area contributed by atoms with Gasteiger partial charge in [0.1, 0.15) is 11.5 Å². The second-order valence-corrected chi connectivity index (χ2v) is 6.01. The van der Waals surface area contributed by atoms with Crippen LogP contribution in [0.3, 0.4) is 0 Å². The van der Waals surface area contributed by atoms with Gasteiger partial charge in [-0.3, -0.25) is 4.79 Å². The van der Waals surface area contributed by atoms with Gasteiger partial charge in [-0.1, -0.05) is 6.07 Å². The van der Waals surface area contributed by atoms with E-state index >= 15 is 0 Å². The first-order valence-corrected chi connectivity index (χ1v) is 9.28. The quantitative estimate of drug-likeness (QED) is 0.535. The van der Waals surface area contributed by atoms with Gasteiger partial charge >= 0.3 is 5.97 Å². The maximum Gasteiger partial charge on any atom is 0.344 e. The minimum absolute atomic E-state index is 0.275. The van der Waals surface area contributed by atoms with Crippen molar-refractivity contribution in [1.82, 2.24) is 0 Å². The maximum absolute atomic E-state index is 11.8. The summed E-state index contributed by atoms with van der Waals surface area (Å²) in [5, 5.41) is 2.68. The van der Waals surface area contributed by atoms with Crippen molar-refractivity contribution < 1.29 is 23.8 Å². The van der Waals surface area contributed by atoms with Gasteiger partial charge in [0.25, 0.3) is 5.91 Å². The molecule has 0 aromatic heterocycles. The molecule has 1 N–H and O–H groups in total. The van der Waals surface area contributed by atoms with Crippen molar-refractivity contribution in [3.05, 3.63) is 48.5 Å². The molecule has 0 spiro atoms. The molecule has 0 fully saturated rings. The Morgan fingerprint density at radius 1 is 1.00 bits per heavy atom. The summed E-state index contributed by atoms with van der Waals surface area (Å²) in [6.07, 6.45) is 1.95. The molecule has 26 heavy (non-hydrogen) atoms. The van der Waals surface area contributed by atoms with Crippen LogP contribution in [0.2, 0.25) is 0 Å². The molecule has 0 heterocycles.